The van der Waals surface area contributed by atoms with Crippen LogP contribution in [0, 0.1) is 11.8 Å². The van der Waals surface area contributed by atoms with E-state index in [9.17, 15) is 0 Å². The Morgan fingerprint density at radius 1 is 0.958 bits per heavy atom. The van der Waals surface area contributed by atoms with E-state index in [0.29, 0.717) is 6.04 Å². The molecule has 0 bridgehead atoms. The van der Waals surface area contributed by atoms with Gasteiger partial charge in [-0.25, -0.2) is 0 Å². The average Bonchev–Trinajstić information content (AvgIpc) is 2.57. The average molecular weight is 340 g/mol. The van der Waals surface area contributed by atoms with Gasteiger partial charge in [0.1, 0.15) is 0 Å². The van der Waals surface area contributed by atoms with Crippen molar-refractivity contribution in [3.8, 4) is 0 Å². The van der Waals surface area contributed by atoms with Crippen LogP contribution in [-0.2, 0) is 4.74 Å². The number of methoxy groups -OCH3 is 1. The van der Waals surface area contributed by atoms with Gasteiger partial charge in [0.25, 0.3) is 0 Å². The first-order chi connectivity index (χ1) is 11.7. The Balaban J connectivity index is 0.00000100. The highest BCUT2D eigenvalue weighted by atomic mass is 16.5. The summed E-state index contributed by atoms with van der Waals surface area (Å²) in [5, 5.41) is 0. The normalized spacial score (nSPS) is 33.6. The van der Waals surface area contributed by atoms with Crippen LogP contribution in [0.15, 0.2) is 0 Å². The molecule has 0 aromatic heterocycles. The maximum atomic E-state index is 5.56. The SMILES string of the molecule is CC.COCC1CN(CC2CN(C)C2)CCN1C1CCC(C)CC1. The topological polar surface area (TPSA) is 19.0 Å². The van der Waals surface area contributed by atoms with Gasteiger partial charge in [-0.2, -0.15) is 0 Å². The zero-order valence-corrected chi connectivity index (χ0v) is 16.8. The maximum absolute atomic E-state index is 5.56. The van der Waals surface area contributed by atoms with Crippen molar-refractivity contribution < 1.29 is 4.74 Å². The molecular weight excluding hydrogens is 298 g/mol. The van der Waals surface area contributed by atoms with Crippen molar-refractivity contribution in [2.75, 3.05) is 60.0 Å². The van der Waals surface area contributed by atoms with E-state index >= 15 is 0 Å². The minimum atomic E-state index is 0.606. The van der Waals surface area contributed by atoms with Gasteiger partial charge in [-0.05, 0) is 44.6 Å². The van der Waals surface area contributed by atoms with Crippen LogP contribution in [0.4, 0.5) is 0 Å². The molecular formula is C20H41N3O. The highest BCUT2D eigenvalue weighted by molar-refractivity contribution is 4.90. The molecule has 0 spiro atoms. The van der Waals surface area contributed by atoms with Crippen LogP contribution in [0.2, 0.25) is 0 Å². The van der Waals surface area contributed by atoms with Gasteiger partial charge in [0.05, 0.1) is 6.61 Å². The first-order valence-electron chi connectivity index (χ1n) is 10.3. The smallest absolute Gasteiger partial charge is 0.0630 e. The molecule has 0 amide bonds. The van der Waals surface area contributed by atoms with Crippen LogP contribution in [0.5, 0.6) is 0 Å². The second kappa shape index (κ2) is 10.1. The van der Waals surface area contributed by atoms with Gasteiger partial charge in [-0.1, -0.05) is 20.8 Å². The molecule has 1 atom stereocenters. The van der Waals surface area contributed by atoms with Gasteiger partial charge in [0.15, 0.2) is 0 Å². The molecule has 1 saturated carbocycles. The van der Waals surface area contributed by atoms with Crippen LogP contribution in [0.3, 0.4) is 0 Å². The largest absolute Gasteiger partial charge is 0.383 e. The van der Waals surface area contributed by atoms with Crippen molar-refractivity contribution in [1.82, 2.24) is 14.7 Å². The van der Waals surface area contributed by atoms with Crippen LogP contribution in [0.1, 0.15) is 46.5 Å². The lowest BCUT2D eigenvalue weighted by atomic mass is 9.85. The zero-order chi connectivity index (χ0) is 17.5. The minimum Gasteiger partial charge on any atom is -0.383 e. The molecule has 2 heterocycles. The molecule has 4 heteroatoms. The first-order valence-corrected chi connectivity index (χ1v) is 10.3. The third kappa shape index (κ3) is 5.42. The summed E-state index contributed by atoms with van der Waals surface area (Å²) in [5.41, 5.74) is 0. The summed E-state index contributed by atoms with van der Waals surface area (Å²) in [4.78, 5) is 7.92. The fraction of sp³-hybridized carbons (Fsp3) is 1.00. The van der Waals surface area contributed by atoms with Gasteiger partial charge in [-0.15, -0.1) is 0 Å². The Kier molecular flexibility index (Phi) is 8.48. The molecule has 142 valence electrons. The van der Waals surface area contributed by atoms with Gasteiger partial charge in [-0.3, -0.25) is 4.90 Å². The summed E-state index contributed by atoms with van der Waals surface area (Å²) in [5.74, 6) is 1.84. The number of rotatable bonds is 5. The van der Waals surface area contributed by atoms with Crippen molar-refractivity contribution >= 4 is 0 Å². The lowest BCUT2D eigenvalue weighted by molar-refractivity contribution is -0.0237. The summed E-state index contributed by atoms with van der Waals surface area (Å²) >= 11 is 0. The Hall–Kier alpha value is -0.160. The van der Waals surface area contributed by atoms with Crippen molar-refractivity contribution in [1.29, 1.82) is 0 Å². The third-order valence-electron chi connectivity index (χ3n) is 6.08. The van der Waals surface area contributed by atoms with Crippen LogP contribution in [-0.4, -0.2) is 86.8 Å². The van der Waals surface area contributed by atoms with E-state index in [1.807, 2.05) is 21.0 Å². The standard InChI is InChI=1S/C18H35N3O.C2H6/c1-15-4-6-17(7-5-15)21-9-8-20(13-18(21)14-22-3)12-16-10-19(2)11-16;1-2/h15-18H,4-14H2,1-3H3;1-2H3. The predicted molar refractivity (Wildman–Crippen MR) is 103 cm³/mol. The van der Waals surface area contributed by atoms with Crippen LogP contribution >= 0.6 is 0 Å². The van der Waals surface area contributed by atoms with E-state index in [2.05, 4.69) is 28.7 Å². The van der Waals surface area contributed by atoms with E-state index in [1.165, 1.54) is 65.0 Å². The Morgan fingerprint density at radius 3 is 2.21 bits per heavy atom. The second-order valence-corrected chi connectivity index (χ2v) is 8.11. The second-order valence-electron chi connectivity index (χ2n) is 8.11. The monoisotopic (exact) mass is 339 g/mol. The van der Waals surface area contributed by atoms with E-state index < -0.39 is 0 Å². The molecule has 0 radical (unpaired) electrons. The molecule has 3 fully saturated rings. The number of hydrogen-bond donors (Lipinski definition) is 0. The molecule has 24 heavy (non-hydrogen) atoms. The number of hydrogen-bond acceptors (Lipinski definition) is 4. The van der Waals surface area contributed by atoms with Crippen molar-refractivity contribution in [3.63, 3.8) is 0 Å². The number of ether oxygens (including phenoxy) is 1. The van der Waals surface area contributed by atoms with E-state index in [1.54, 1.807) is 0 Å². The van der Waals surface area contributed by atoms with E-state index in [4.69, 9.17) is 4.74 Å². The van der Waals surface area contributed by atoms with Crippen molar-refractivity contribution in [2.24, 2.45) is 11.8 Å². The summed E-state index contributed by atoms with van der Waals surface area (Å²) in [6.07, 6.45) is 5.63. The lowest BCUT2D eigenvalue weighted by Crippen LogP contribution is -2.60. The quantitative estimate of drug-likeness (QED) is 0.766. The molecule has 0 aromatic carbocycles. The molecule has 3 aliphatic rings. The first kappa shape index (κ1) is 20.2. The molecule has 2 aliphatic heterocycles. The molecule has 1 unspecified atom stereocenters. The fourth-order valence-electron chi connectivity index (χ4n) is 4.80. The van der Waals surface area contributed by atoms with Gasteiger partial charge in [0, 0.05) is 58.5 Å². The zero-order valence-electron chi connectivity index (χ0n) is 16.8. The van der Waals surface area contributed by atoms with Gasteiger partial charge in [0.2, 0.25) is 0 Å². The van der Waals surface area contributed by atoms with Crippen molar-refractivity contribution in [2.45, 2.75) is 58.5 Å². The summed E-state index contributed by atoms with van der Waals surface area (Å²) in [6, 6.07) is 1.42. The highest BCUT2D eigenvalue weighted by Crippen LogP contribution is 2.29. The maximum Gasteiger partial charge on any atom is 0.0630 e. The third-order valence-corrected chi connectivity index (χ3v) is 6.08. The minimum absolute atomic E-state index is 0.606. The number of piperazine rings is 1. The summed E-state index contributed by atoms with van der Waals surface area (Å²) < 4.78 is 5.56. The molecule has 1 aliphatic carbocycles. The van der Waals surface area contributed by atoms with Gasteiger partial charge >= 0.3 is 0 Å². The highest BCUT2D eigenvalue weighted by Gasteiger charge is 2.35. The molecule has 0 aromatic rings. The van der Waals surface area contributed by atoms with Crippen LogP contribution in [0.25, 0.3) is 0 Å². The van der Waals surface area contributed by atoms with Gasteiger partial charge < -0.3 is 14.5 Å². The molecule has 2 saturated heterocycles. The Bertz CT molecular complexity index is 338. The number of nitrogens with zero attached hydrogens (tertiary/aromatic N) is 3. The Morgan fingerprint density at radius 2 is 1.62 bits per heavy atom. The summed E-state index contributed by atoms with van der Waals surface area (Å²) in [7, 11) is 4.09. The summed E-state index contributed by atoms with van der Waals surface area (Å²) in [6.45, 7) is 14.9. The van der Waals surface area contributed by atoms with Crippen molar-refractivity contribution in [3.05, 3.63) is 0 Å². The molecule has 0 N–H and O–H groups in total. The predicted octanol–water partition coefficient (Wildman–Crippen LogP) is 2.79. The fourth-order valence-corrected chi connectivity index (χ4v) is 4.80. The lowest BCUT2D eigenvalue weighted by Gasteiger charge is -2.48. The number of likely N-dealkylation sites (tertiary alicyclic amines) is 1. The van der Waals surface area contributed by atoms with E-state index in [-0.39, 0.29) is 0 Å². The molecule has 3 rings (SSSR count). The molecule has 4 nitrogen and oxygen atoms in total. The Labute approximate surface area is 150 Å². The van der Waals surface area contributed by atoms with Crippen LogP contribution < -0.4 is 0 Å². The van der Waals surface area contributed by atoms with E-state index in [0.717, 1.165) is 24.5 Å².